The minimum Gasteiger partial charge on any atom is -0.497 e. The second kappa shape index (κ2) is 7.85. The third kappa shape index (κ3) is 3.57. The van der Waals surface area contributed by atoms with Crippen LogP contribution in [0.2, 0.25) is 0 Å². The standard InChI is InChI=1S/C21H27NO4/c1-14-17(21(23)24)12-19(22(14)13-15-7-5-4-6-8-15)18-11-16(25-2)9-10-20(18)26-3/h9-12,15H,4-8,13H2,1-3H3,(H,23,24). The number of nitrogens with zero attached hydrogens (tertiary/aromatic N) is 1. The topological polar surface area (TPSA) is 60.7 Å². The van der Waals surface area contributed by atoms with Crippen molar-refractivity contribution in [1.82, 2.24) is 4.57 Å². The summed E-state index contributed by atoms with van der Waals surface area (Å²) in [6.07, 6.45) is 6.23. The number of ether oxygens (including phenoxy) is 2. The molecule has 1 aliphatic rings. The molecule has 5 heteroatoms. The van der Waals surface area contributed by atoms with Crippen molar-refractivity contribution in [1.29, 1.82) is 0 Å². The molecule has 5 nitrogen and oxygen atoms in total. The summed E-state index contributed by atoms with van der Waals surface area (Å²) in [6.45, 7) is 2.73. The molecular weight excluding hydrogens is 330 g/mol. The smallest absolute Gasteiger partial charge is 0.337 e. The van der Waals surface area contributed by atoms with Crippen LogP contribution >= 0.6 is 0 Å². The van der Waals surface area contributed by atoms with Crippen molar-refractivity contribution < 1.29 is 19.4 Å². The van der Waals surface area contributed by atoms with Gasteiger partial charge in [0.15, 0.2) is 0 Å². The number of carboxylic acids is 1. The van der Waals surface area contributed by atoms with E-state index in [1.165, 1.54) is 32.1 Å². The van der Waals surface area contributed by atoms with Gasteiger partial charge < -0.3 is 19.1 Å². The van der Waals surface area contributed by atoms with Crippen molar-refractivity contribution >= 4 is 5.97 Å². The largest absolute Gasteiger partial charge is 0.497 e. The third-order valence-electron chi connectivity index (χ3n) is 5.45. The van der Waals surface area contributed by atoms with E-state index in [0.717, 1.165) is 29.2 Å². The third-order valence-corrected chi connectivity index (χ3v) is 5.45. The summed E-state index contributed by atoms with van der Waals surface area (Å²) < 4.78 is 13.1. The number of hydrogen-bond donors (Lipinski definition) is 1. The van der Waals surface area contributed by atoms with E-state index in [-0.39, 0.29) is 0 Å². The Morgan fingerprint density at radius 1 is 1.15 bits per heavy atom. The number of aromatic nitrogens is 1. The summed E-state index contributed by atoms with van der Waals surface area (Å²) in [4.78, 5) is 11.7. The molecule has 1 N–H and O–H groups in total. The van der Waals surface area contributed by atoms with E-state index in [1.54, 1.807) is 20.3 Å². The maximum Gasteiger partial charge on any atom is 0.337 e. The SMILES string of the molecule is COc1ccc(OC)c(-c2cc(C(=O)O)c(C)n2CC2CCCCC2)c1. The van der Waals surface area contributed by atoms with Gasteiger partial charge in [-0.1, -0.05) is 19.3 Å². The summed E-state index contributed by atoms with van der Waals surface area (Å²) in [5, 5.41) is 9.61. The first-order valence-electron chi connectivity index (χ1n) is 9.21. The first-order valence-corrected chi connectivity index (χ1v) is 9.21. The molecule has 3 rings (SSSR count). The van der Waals surface area contributed by atoms with E-state index >= 15 is 0 Å². The van der Waals surface area contributed by atoms with Gasteiger partial charge in [0, 0.05) is 17.8 Å². The molecule has 0 atom stereocenters. The minimum atomic E-state index is -0.895. The van der Waals surface area contributed by atoms with Gasteiger partial charge in [-0.2, -0.15) is 0 Å². The molecule has 1 fully saturated rings. The molecule has 1 aliphatic carbocycles. The molecular formula is C21H27NO4. The zero-order valence-corrected chi connectivity index (χ0v) is 15.7. The molecule has 1 aromatic carbocycles. The Labute approximate surface area is 154 Å². The summed E-state index contributed by atoms with van der Waals surface area (Å²) in [6, 6.07) is 7.39. The minimum absolute atomic E-state index is 0.348. The highest BCUT2D eigenvalue weighted by Crippen LogP contribution is 2.37. The Bertz CT molecular complexity index is 788. The van der Waals surface area contributed by atoms with Crippen LogP contribution in [0.1, 0.15) is 48.2 Å². The van der Waals surface area contributed by atoms with E-state index in [0.29, 0.717) is 17.2 Å². The summed E-state index contributed by atoms with van der Waals surface area (Å²) in [5.74, 6) is 1.13. The second-order valence-corrected chi connectivity index (χ2v) is 7.01. The number of rotatable bonds is 6. The van der Waals surface area contributed by atoms with Gasteiger partial charge in [0.2, 0.25) is 0 Å². The lowest BCUT2D eigenvalue weighted by Gasteiger charge is -2.24. The van der Waals surface area contributed by atoms with Crippen LogP contribution < -0.4 is 9.47 Å². The average molecular weight is 357 g/mol. The molecule has 0 spiro atoms. The Hall–Kier alpha value is -2.43. The van der Waals surface area contributed by atoms with Gasteiger partial charge in [0.05, 0.1) is 25.5 Å². The van der Waals surface area contributed by atoms with Crippen LogP contribution in [-0.4, -0.2) is 29.9 Å². The fourth-order valence-electron chi connectivity index (χ4n) is 3.96. The summed E-state index contributed by atoms with van der Waals surface area (Å²) in [5.41, 5.74) is 2.88. The predicted octanol–water partition coefficient (Wildman–Crippen LogP) is 4.76. The first kappa shape index (κ1) is 18.4. The highest BCUT2D eigenvalue weighted by Gasteiger charge is 2.23. The number of carbonyl (C=O) groups is 1. The van der Waals surface area contributed by atoms with Crippen LogP contribution in [0.3, 0.4) is 0 Å². The Balaban J connectivity index is 2.10. The van der Waals surface area contributed by atoms with Gasteiger partial charge in [-0.05, 0) is 49.9 Å². The van der Waals surface area contributed by atoms with Gasteiger partial charge in [0.1, 0.15) is 11.5 Å². The van der Waals surface area contributed by atoms with E-state index < -0.39 is 5.97 Å². The lowest BCUT2D eigenvalue weighted by atomic mass is 9.89. The highest BCUT2D eigenvalue weighted by molar-refractivity contribution is 5.91. The molecule has 1 saturated carbocycles. The lowest BCUT2D eigenvalue weighted by Crippen LogP contribution is -2.16. The Morgan fingerprint density at radius 2 is 1.88 bits per heavy atom. The van der Waals surface area contributed by atoms with Crippen molar-refractivity contribution in [2.45, 2.75) is 45.6 Å². The second-order valence-electron chi connectivity index (χ2n) is 7.01. The normalized spacial score (nSPS) is 15.0. The van der Waals surface area contributed by atoms with Gasteiger partial charge in [-0.3, -0.25) is 0 Å². The maximum absolute atomic E-state index is 11.7. The van der Waals surface area contributed by atoms with Crippen molar-refractivity contribution in [3.8, 4) is 22.8 Å². The zero-order valence-electron chi connectivity index (χ0n) is 15.7. The maximum atomic E-state index is 11.7. The van der Waals surface area contributed by atoms with E-state index in [2.05, 4.69) is 4.57 Å². The molecule has 0 aliphatic heterocycles. The zero-order chi connectivity index (χ0) is 18.7. The number of aromatic carboxylic acids is 1. The van der Waals surface area contributed by atoms with Crippen molar-refractivity contribution in [3.05, 3.63) is 35.5 Å². The first-order chi connectivity index (χ1) is 12.5. The van der Waals surface area contributed by atoms with Crippen molar-refractivity contribution in [2.75, 3.05) is 14.2 Å². The molecule has 140 valence electrons. The van der Waals surface area contributed by atoms with Gasteiger partial charge in [0.25, 0.3) is 0 Å². The van der Waals surface area contributed by atoms with Crippen LogP contribution in [-0.2, 0) is 6.54 Å². The van der Waals surface area contributed by atoms with Crippen molar-refractivity contribution in [3.63, 3.8) is 0 Å². The molecule has 1 heterocycles. The van der Waals surface area contributed by atoms with Crippen LogP contribution in [0.5, 0.6) is 11.5 Å². The molecule has 0 bridgehead atoms. The van der Waals surface area contributed by atoms with Crippen LogP contribution in [0.4, 0.5) is 0 Å². The molecule has 0 unspecified atom stereocenters. The summed E-state index contributed by atoms with van der Waals surface area (Å²) >= 11 is 0. The average Bonchev–Trinajstić information content (AvgIpc) is 2.98. The van der Waals surface area contributed by atoms with E-state index in [9.17, 15) is 9.90 Å². The lowest BCUT2D eigenvalue weighted by molar-refractivity contribution is 0.0696. The van der Waals surface area contributed by atoms with E-state index in [1.807, 2.05) is 25.1 Å². The molecule has 1 aromatic heterocycles. The number of methoxy groups -OCH3 is 2. The fourth-order valence-corrected chi connectivity index (χ4v) is 3.96. The Kier molecular flexibility index (Phi) is 5.55. The van der Waals surface area contributed by atoms with Gasteiger partial charge >= 0.3 is 5.97 Å². The predicted molar refractivity (Wildman–Crippen MR) is 101 cm³/mol. The van der Waals surface area contributed by atoms with Crippen LogP contribution in [0, 0.1) is 12.8 Å². The van der Waals surface area contributed by atoms with Gasteiger partial charge in [-0.25, -0.2) is 4.79 Å². The molecule has 0 amide bonds. The fraction of sp³-hybridized carbons (Fsp3) is 0.476. The molecule has 26 heavy (non-hydrogen) atoms. The number of benzene rings is 1. The summed E-state index contributed by atoms with van der Waals surface area (Å²) in [7, 11) is 3.26. The van der Waals surface area contributed by atoms with E-state index in [4.69, 9.17) is 9.47 Å². The van der Waals surface area contributed by atoms with Crippen LogP contribution in [0.25, 0.3) is 11.3 Å². The monoisotopic (exact) mass is 357 g/mol. The molecule has 0 saturated heterocycles. The van der Waals surface area contributed by atoms with Crippen molar-refractivity contribution in [2.24, 2.45) is 5.92 Å². The Morgan fingerprint density at radius 3 is 2.50 bits per heavy atom. The number of hydrogen-bond acceptors (Lipinski definition) is 3. The molecule has 2 aromatic rings. The number of carboxylic acid groups (broad SMARTS) is 1. The van der Waals surface area contributed by atoms with Gasteiger partial charge in [-0.15, -0.1) is 0 Å². The quantitative estimate of drug-likeness (QED) is 0.810. The molecule has 0 radical (unpaired) electrons. The highest BCUT2D eigenvalue weighted by atomic mass is 16.5. The van der Waals surface area contributed by atoms with Crippen LogP contribution in [0.15, 0.2) is 24.3 Å².